The lowest BCUT2D eigenvalue weighted by molar-refractivity contribution is 0.122. The number of benzene rings is 1. The SMILES string of the molecule is O=c1[nH]c(N2CCOCC2)nc2ncn(-c3ccc(Cl)c(Cl)c3)c(=S)c12. The van der Waals surface area contributed by atoms with Crippen LogP contribution >= 0.6 is 35.4 Å². The number of aromatic nitrogens is 4. The molecule has 1 fully saturated rings. The van der Waals surface area contributed by atoms with E-state index in [1.807, 2.05) is 4.90 Å². The predicted molar refractivity (Wildman–Crippen MR) is 103 cm³/mol. The van der Waals surface area contributed by atoms with Gasteiger partial charge < -0.3 is 9.64 Å². The third-order valence-corrected chi connectivity index (χ3v) is 5.25. The van der Waals surface area contributed by atoms with E-state index in [1.165, 1.54) is 6.33 Å². The molecule has 0 radical (unpaired) electrons. The highest BCUT2D eigenvalue weighted by atomic mass is 35.5. The molecule has 7 nitrogen and oxygen atoms in total. The van der Waals surface area contributed by atoms with Gasteiger partial charge >= 0.3 is 0 Å². The smallest absolute Gasteiger partial charge is 0.264 e. The van der Waals surface area contributed by atoms with Crippen molar-refractivity contribution in [3.8, 4) is 5.69 Å². The second-order valence-electron chi connectivity index (χ2n) is 5.71. The van der Waals surface area contributed by atoms with Crippen LogP contribution in [0.2, 0.25) is 10.0 Å². The van der Waals surface area contributed by atoms with E-state index >= 15 is 0 Å². The van der Waals surface area contributed by atoms with Gasteiger partial charge in [-0.1, -0.05) is 35.4 Å². The number of hydrogen-bond acceptors (Lipinski definition) is 6. The molecule has 0 unspecified atom stereocenters. The lowest BCUT2D eigenvalue weighted by atomic mass is 10.3. The molecule has 1 N–H and O–H groups in total. The van der Waals surface area contributed by atoms with Gasteiger partial charge in [-0.25, -0.2) is 4.98 Å². The lowest BCUT2D eigenvalue weighted by Crippen LogP contribution is -2.38. The molecule has 1 aromatic carbocycles. The number of aromatic amines is 1. The molecular weight excluding hydrogens is 397 g/mol. The fourth-order valence-corrected chi connectivity index (χ4v) is 3.39. The number of hydrogen-bond donors (Lipinski definition) is 1. The molecular formula is C16H13Cl2N5O2S. The van der Waals surface area contributed by atoms with E-state index < -0.39 is 0 Å². The minimum Gasteiger partial charge on any atom is -0.378 e. The van der Waals surface area contributed by atoms with Crippen LogP contribution in [-0.4, -0.2) is 45.8 Å². The summed E-state index contributed by atoms with van der Waals surface area (Å²) in [5, 5.41) is 1.08. The quantitative estimate of drug-likeness (QED) is 0.655. The summed E-state index contributed by atoms with van der Waals surface area (Å²) < 4.78 is 7.23. The Hall–Kier alpha value is -2.00. The summed E-state index contributed by atoms with van der Waals surface area (Å²) in [4.78, 5) is 26.2. The second-order valence-corrected chi connectivity index (χ2v) is 6.91. The maximum absolute atomic E-state index is 12.6. The van der Waals surface area contributed by atoms with Gasteiger partial charge in [0.1, 0.15) is 16.4 Å². The molecule has 0 aliphatic carbocycles. The Morgan fingerprint density at radius 2 is 1.96 bits per heavy atom. The lowest BCUT2D eigenvalue weighted by Gasteiger charge is -2.27. The van der Waals surface area contributed by atoms with Gasteiger partial charge in [0, 0.05) is 18.8 Å². The maximum atomic E-state index is 12.6. The molecule has 2 aromatic heterocycles. The highest BCUT2D eigenvalue weighted by molar-refractivity contribution is 7.71. The normalized spacial score (nSPS) is 14.8. The van der Waals surface area contributed by atoms with Gasteiger partial charge in [-0.2, -0.15) is 4.98 Å². The molecule has 3 heterocycles. The van der Waals surface area contributed by atoms with Gasteiger partial charge in [0.15, 0.2) is 5.65 Å². The molecule has 4 rings (SSSR count). The van der Waals surface area contributed by atoms with Crippen LogP contribution in [0.1, 0.15) is 0 Å². The van der Waals surface area contributed by atoms with Crippen molar-refractivity contribution in [2.24, 2.45) is 0 Å². The third kappa shape index (κ3) is 3.09. The van der Waals surface area contributed by atoms with Crippen LogP contribution in [0.3, 0.4) is 0 Å². The summed E-state index contributed by atoms with van der Waals surface area (Å²) in [6.07, 6.45) is 1.53. The minimum atomic E-state index is -0.330. The van der Waals surface area contributed by atoms with Crippen molar-refractivity contribution in [1.82, 2.24) is 19.5 Å². The molecule has 0 bridgehead atoms. The third-order valence-electron chi connectivity index (χ3n) is 4.11. The first-order chi connectivity index (χ1) is 12.5. The summed E-state index contributed by atoms with van der Waals surface area (Å²) in [6.45, 7) is 2.50. The zero-order chi connectivity index (χ0) is 18.3. The van der Waals surface area contributed by atoms with Crippen LogP contribution in [0.4, 0.5) is 5.95 Å². The topological polar surface area (TPSA) is 76.0 Å². The minimum absolute atomic E-state index is 0.255. The average molecular weight is 410 g/mol. The zero-order valence-corrected chi connectivity index (χ0v) is 15.7. The van der Waals surface area contributed by atoms with Gasteiger partial charge in [0.05, 0.1) is 23.3 Å². The number of morpholine rings is 1. The van der Waals surface area contributed by atoms with Gasteiger partial charge in [-0.15, -0.1) is 0 Å². The van der Waals surface area contributed by atoms with Crippen LogP contribution in [0, 0.1) is 4.64 Å². The number of rotatable bonds is 2. The summed E-state index contributed by atoms with van der Waals surface area (Å²) in [5.41, 5.74) is 0.635. The molecule has 0 spiro atoms. The number of fused-ring (bicyclic) bond motifs is 1. The Morgan fingerprint density at radius 1 is 1.19 bits per heavy atom. The molecule has 10 heteroatoms. The number of halogens is 2. The van der Waals surface area contributed by atoms with E-state index in [0.717, 1.165) is 0 Å². The fourth-order valence-electron chi connectivity index (χ4n) is 2.76. The van der Waals surface area contributed by atoms with Crippen molar-refractivity contribution in [3.63, 3.8) is 0 Å². The number of ether oxygens (including phenoxy) is 1. The zero-order valence-electron chi connectivity index (χ0n) is 13.4. The van der Waals surface area contributed by atoms with E-state index in [4.69, 9.17) is 40.2 Å². The number of H-pyrrole nitrogens is 1. The van der Waals surface area contributed by atoms with Crippen molar-refractivity contribution in [1.29, 1.82) is 0 Å². The first-order valence-corrected chi connectivity index (χ1v) is 9.01. The van der Waals surface area contributed by atoms with Crippen molar-refractivity contribution in [2.45, 2.75) is 0 Å². The monoisotopic (exact) mass is 409 g/mol. The standard InChI is InChI=1S/C16H13Cl2N5O2S/c17-10-2-1-9(7-11(10)18)23-8-19-13-12(15(23)26)14(24)21-16(20-13)22-3-5-25-6-4-22/h1-2,7-8H,3-6H2,(H,20,21,24). The van der Waals surface area contributed by atoms with Crippen molar-refractivity contribution in [3.05, 3.63) is 49.6 Å². The molecule has 1 saturated heterocycles. The molecule has 0 atom stereocenters. The maximum Gasteiger partial charge on any atom is 0.264 e. The molecule has 1 aliphatic heterocycles. The van der Waals surface area contributed by atoms with Gasteiger partial charge in [0.25, 0.3) is 5.56 Å². The van der Waals surface area contributed by atoms with E-state index in [2.05, 4.69) is 15.0 Å². The highest BCUT2D eigenvalue weighted by Crippen LogP contribution is 2.25. The second kappa shape index (κ2) is 6.96. The Kier molecular flexibility index (Phi) is 4.66. The first kappa shape index (κ1) is 17.4. The summed E-state index contributed by atoms with van der Waals surface area (Å²) in [5.74, 6) is 0.472. The number of nitrogens with one attached hydrogen (secondary N) is 1. The van der Waals surface area contributed by atoms with E-state index in [0.29, 0.717) is 58.3 Å². The van der Waals surface area contributed by atoms with Gasteiger partial charge in [-0.05, 0) is 18.2 Å². The first-order valence-electron chi connectivity index (χ1n) is 7.84. The largest absolute Gasteiger partial charge is 0.378 e. The van der Waals surface area contributed by atoms with E-state index in [-0.39, 0.29) is 10.9 Å². The van der Waals surface area contributed by atoms with E-state index in [9.17, 15) is 4.79 Å². The Morgan fingerprint density at radius 3 is 2.69 bits per heavy atom. The fraction of sp³-hybridized carbons (Fsp3) is 0.250. The van der Waals surface area contributed by atoms with Crippen LogP contribution in [0.25, 0.3) is 16.7 Å². The predicted octanol–water partition coefficient (Wildman–Crippen LogP) is 2.98. The van der Waals surface area contributed by atoms with Crippen molar-refractivity contribution < 1.29 is 4.74 Å². The van der Waals surface area contributed by atoms with E-state index in [1.54, 1.807) is 22.8 Å². The van der Waals surface area contributed by atoms with Crippen molar-refractivity contribution >= 4 is 52.4 Å². The number of anilines is 1. The number of nitrogens with zero attached hydrogens (tertiary/aromatic N) is 4. The summed E-state index contributed by atoms with van der Waals surface area (Å²) in [7, 11) is 0. The Labute approximate surface area is 163 Å². The average Bonchev–Trinajstić information content (AvgIpc) is 2.65. The Bertz CT molecular complexity index is 1110. The van der Waals surface area contributed by atoms with Crippen LogP contribution in [0.5, 0.6) is 0 Å². The molecule has 3 aromatic rings. The summed E-state index contributed by atoms with van der Waals surface area (Å²) in [6, 6.07) is 5.08. The molecule has 0 saturated carbocycles. The van der Waals surface area contributed by atoms with Crippen LogP contribution in [0.15, 0.2) is 29.3 Å². The highest BCUT2D eigenvalue weighted by Gasteiger charge is 2.16. The van der Waals surface area contributed by atoms with Crippen LogP contribution < -0.4 is 10.5 Å². The van der Waals surface area contributed by atoms with Gasteiger partial charge in [-0.3, -0.25) is 14.3 Å². The molecule has 26 heavy (non-hydrogen) atoms. The summed E-state index contributed by atoms with van der Waals surface area (Å²) >= 11 is 17.5. The Balaban J connectivity index is 1.85. The molecule has 0 amide bonds. The van der Waals surface area contributed by atoms with Crippen LogP contribution in [-0.2, 0) is 4.74 Å². The molecule has 134 valence electrons. The molecule has 1 aliphatic rings. The van der Waals surface area contributed by atoms with Crippen molar-refractivity contribution in [2.75, 3.05) is 31.2 Å². The van der Waals surface area contributed by atoms with Gasteiger partial charge in [0.2, 0.25) is 5.95 Å².